The molecule has 0 N–H and O–H groups in total. The smallest absolute Gasteiger partial charge is 0.426 e. The van der Waals surface area contributed by atoms with E-state index in [2.05, 4.69) is 23.3 Å². The second-order valence-corrected chi connectivity index (χ2v) is 21.8. The van der Waals surface area contributed by atoms with Crippen LogP contribution in [0, 0.1) is 47.3 Å². The zero-order chi connectivity index (χ0) is 49.9. The number of unbranched alkanes of at least 4 members (excludes halogenated alkanes) is 7. The van der Waals surface area contributed by atoms with Gasteiger partial charge in [-0.05, 0) is 160 Å². The third-order valence-electron chi connectivity index (χ3n) is 16.8. The van der Waals surface area contributed by atoms with Crippen LogP contribution >= 0.6 is 0 Å². The lowest BCUT2D eigenvalue weighted by Crippen LogP contribution is -2.41. The molecule has 0 heterocycles. The largest absolute Gasteiger partial charge is 0.499 e. The van der Waals surface area contributed by atoms with Crippen LogP contribution in [0.15, 0.2) is 48.5 Å². The molecule has 4 aliphatic rings. The fourth-order valence-corrected chi connectivity index (χ4v) is 12.3. The number of benzene rings is 2. The third kappa shape index (κ3) is 19.4. The van der Waals surface area contributed by atoms with Crippen molar-refractivity contribution in [1.29, 1.82) is 0 Å². The Morgan fingerprint density at radius 3 is 0.884 bits per heavy atom. The first-order chi connectivity index (χ1) is 32.9. The van der Waals surface area contributed by atoms with Gasteiger partial charge in [0.2, 0.25) is 0 Å². The maximum Gasteiger partial charge on any atom is 0.499 e. The average Bonchev–Trinajstić information content (AvgIpc) is 3.32. The number of ether oxygens (including phenoxy) is 2. The Balaban J connectivity index is 0.000000258. The summed E-state index contributed by atoms with van der Waals surface area (Å²) in [5, 5.41) is 0. The highest BCUT2D eigenvalue weighted by atomic mass is 19.4. The number of hydrogen-bond donors (Lipinski definition) is 0. The predicted molar refractivity (Wildman–Crippen MR) is 257 cm³/mol. The van der Waals surface area contributed by atoms with Gasteiger partial charge in [0.15, 0.2) is 0 Å². The lowest BCUT2D eigenvalue weighted by molar-refractivity contribution is -0.360. The van der Waals surface area contributed by atoms with Crippen LogP contribution in [0.3, 0.4) is 0 Å². The standard InChI is InChI=1S/C29H43F5O.C28H41F5O/c1-2-3-4-5-6-7-22-10-16-25(17-11-22)26-18-12-23(13-19-26)8-9-24-14-20-27(21-15-24)35-29(33,34)28(30,31)32;1-2-3-4-5-6-21-9-15-24(16-10-21)25-17-11-22(12-18-25)7-8-23-13-19-26(20-14-23)34-28(32,33)27(29,30)31/h14-15,20-23,25-26H,2-13,16-19H2,1H3;13-14,19-22,24-25H,2-12,15-18H2,1H3. The van der Waals surface area contributed by atoms with Crippen molar-refractivity contribution in [3.63, 3.8) is 0 Å². The van der Waals surface area contributed by atoms with Crippen LogP contribution in [0.5, 0.6) is 11.5 Å². The minimum absolute atomic E-state index is 0.470. The Morgan fingerprint density at radius 1 is 0.348 bits per heavy atom. The van der Waals surface area contributed by atoms with Gasteiger partial charge in [0.1, 0.15) is 11.5 Å². The summed E-state index contributed by atoms with van der Waals surface area (Å²) < 4.78 is 134. The summed E-state index contributed by atoms with van der Waals surface area (Å²) in [5.74, 6) is 5.91. The van der Waals surface area contributed by atoms with Gasteiger partial charge in [-0.2, -0.15) is 43.9 Å². The van der Waals surface area contributed by atoms with E-state index in [-0.39, 0.29) is 0 Å². The van der Waals surface area contributed by atoms with Crippen molar-refractivity contribution >= 4 is 0 Å². The van der Waals surface area contributed by atoms with E-state index in [9.17, 15) is 43.9 Å². The first kappa shape index (κ1) is 57.2. The van der Waals surface area contributed by atoms with E-state index < -0.39 is 36.1 Å². The molecule has 4 saturated carbocycles. The molecule has 394 valence electrons. The van der Waals surface area contributed by atoms with E-state index in [0.717, 1.165) is 72.3 Å². The Labute approximate surface area is 408 Å². The zero-order valence-electron chi connectivity index (χ0n) is 41.8. The molecule has 2 nitrogen and oxygen atoms in total. The average molecular weight is 991 g/mol. The molecule has 0 amide bonds. The molecule has 0 saturated heterocycles. The SMILES string of the molecule is CCCCCCC1CCC(C2CCC(CCc3ccc(OC(F)(F)C(F)(F)F)cc3)CC2)CC1.CCCCCCCC1CCC(C2CCC(CCc3ccc(OC(F)(F)C(F)(F)F)cc3)CC2)CC1. The molecule has 0 atom stereocenters. The van der Waals surface area contributed by atoms with Crippen LogP contribution in [-0.2, 0) is 12.8 Å². The van der Waals surface area contributed by atoms with Gasteiger partial charge in [-0.1, -0.05) is 160 Å². The molecule has 0 unspecified atom stereocenters. The topological polar surface area (TPSA) is 18.5 Å². The molecule has 4 fully saturated rings. The van der Waals surface area contributed by atoms with Gasteiger partial charge in [0, 0.05) is 0 Å². The van der Waals surface area contributed by atoms with Crippen LogP contribution in [0.4, 0.5) is 43.9 Å². The first-order valence-corrected chi connectivity index (χ1v) is 27.3. The van der Waals surface area contributed by atoms with Gasteiger partial charge >= 0.3 is 24.6 Å². The van der Waals surface area contributed by atoms with Crippen LogP contribution in [0.2, 0.25) is 0 Å². The molecule has 0 aliphatic heterocycles. The monoisotopic (exact) mass is 991 g/mol. The van der Waals surface area contributed by atoms with Gasteiger partial charge in [0.05, 0.1) is 0 Å². The van der Waals surface area contributed by atoms with E-state index in [4.69, 9.17) is 0 Å². The van der Waals surface area contributed by atoms with Crippen LogP contribution in [-0.4, -0.2) is 24.6 Å². The minimum atomic E-state index is -5.72. The minimum Gasteiger partial charge on any atom is -0.426 e. The molecule has 4 aliphatic carbocycles. The fourth-order valence-electron chi connectivity index (χ4n) is 12.3. The van der Waals surface area contributed by atoms with Crippen LogP contribution < -0.4 is 9.47 Å². The van der Waals surface area contributed by atoms with Crippen molar-refractivity contribution in [1.82, 2.24) is 0 Å². The molecular formula is C57H84F10O2. The van der Waals surface area contributed by atoms with E-state index in [1.165, 1.54) is 198 Å². The van der Waals surface area contributed by atoms with Gasteiger partial charge < -0.3 is 9.47 Å². The van der Waals surface area contributed by atoms with Crippen molar-refractivity contribution in [2.24, 2.45) is 47.3 Å². The van der Waals surface area contributed by atoms with Crippen molar-refractivity contribution in [3.05, 3.63) is 59.7 Å². The Hall–Kier alpha value is -2.66. The van der Waals surface area contributed by atoms with Crippen molar-refractivity contribution < 1.29 is 53.4 Å². The Morgan fingerprint density at radius 2 is 0.609 bits per heavy atom. The Bertz CT molecular complexity index is 1660. The molecule has 0 aromatic heterocycles. The summed E-state index contributed by atoms with van der Waals surface area (Å²) >= 11 is 0. The maximum atomic E-state index is 13.0. The molecule has 2 aromatic carbocycles. The second kappa shape index (κ2) is 28.0. The summed E-state index contributed by atoms with van der Waals surface area (Å²) in [6.07, 6.45) is 18.8. The number of alkyl halides is 10. The summed E-state index contributed by atoms with van der Waals surface area (Å²) in [6.45, 7) is 4.54. The van der Waals surface area contributed by atoms with Crippen molar-refractivity contribution in [2.45, 2.75) is 237 Å². The van der Waals surface area contributed by atoms with E-state index >= 15 is 0 Å². The predicted octanol–water partition coefficient (Wildman–Crippen LogP) is 19.9. The second-order valence-electron chi connectivity index (χ2n) is 21.8. The van der Waals surface area contributed by atoms with E-state index in [0.29, 0.717) is 11.8 Å². The number of rotatable bonds is 23. The fraction of sp³-hybridized carbons (Fsp3) is 0.789. The molecule has 0 bridgehead atoms. The lowest BCUT2D eigenvalue weighted by atomic mass is 9.68. The molecule has 69 heavy (non-hydrogen) atoms. The summed E-state index contributed by atoms with van der Waals surface area (Å²) in [4.78, 5) is 0. The van der Waals surface area contributed by atoms with Crippen molar-refractivity contribution in [2.75, 3.05) is 0 Å². The molecular weight excluding hydrogens is 907 g/mol. The van der Waals surface area contributed by atoms with Gasteiger partial charge in [0.25, 0.3) is 0 Å². The van der Waals surface area contributed by atoms with E-state index in [1.54, 1.807) is 24.3 Å². The summed E-state index contributed by atoms with van der Waals surface area (Å²) in [6, 6.07) is 11.2. The molecule has 6 rings (SSSR count). The highest BCUT2D eigenvalue weighted by Crippen LogP contribution is 2.45. The van der Waals surface area contributed by atoms with Gasteiger partial charge in [-0.15, -0.1) is 0 Å². The highest BCUT2D eigenvalue weighted by molar-refractivity contribution is 5.28. The summed E-state index contributed by atoms with van der Waals surface area (Å²) in [5.41, 5.74) is 1.89. The molecule has 2 aromatic rings. The highest BCUT2D eigenvalue weighted by Gasteiger charge is 2.62. The van der Waals surface area contributed by atoms with Crippen LogP contribution in [0.25, 0.3) is 0 Å². The van der Waals surface area contributed by atoms with Gasteiger partial charge in [-0.25, -0.2) is 0 Å². The maximum absolute atomic E-state index is 13.0. The van der Waals surface area contributed by atoms with Gasteiger partial charge in [-0.3, -0.25) is 0 Å². The van der Waals surface area contributed by atoms with E-state index in [1.807, 2.05) is 0 Å². The molecule has 0 spiro atoms. The Kier molecular flexibility index (Phi) is 23.2. The van der Waals surface area contributed by atoms with Crippen molar-refractivity contribution in [3.8, 4) is 11.5 Å². The summed E-state index contributed by atoms with van der Waals surface area (Å²) in [7, 11) is 0. The number of aryl methyl sites for hydroxylation is 2. The lowest BCUT2D eigenvalue weighted by Gasteiger charge is -2.38. The molecule has 12 heteroatoms. The third-order valence-corrected chi connectivity index (χ3v) is 16.8. The van der Waals surface area contributed by atoms with Crippen LogP contribution in [0.1, 0.15) is 211 Å². The first-order valence-electron chi connectivity index (χ1n) is 27.3. The normalized spacial score (nSPS) is 26.2. The quantitative estimate of drug-likeness (QED) is 0.0816. The molecule has 0 radical (unpaired) electrons. The number of halogens is 10. The zero-order valence-corrected chi connectivity index (χ0v) is 41.8. The number of hydrogen-bond acceptors (Lipinski definition) is 2.